The van der Waals surface area contributed by atoms with E-state index < -0.39 is 0 Å². The van der Waals surface area contributed by atoms with Gasteiger partial charge in [0.05, 0.1) is 28.2 Å². The highest BCUT2D eigenvalue weighted by molar-refractivity contribution is 7.13. The molecule has 1 aliphatic rings. The molecule has 1 fully saturated rings. The Morgan fingerprint density at radius 1 is 1.00 bits per heavy atom. The molecule has 1 aromatic carbocycles. The zero-order valence-corrected chi connectivity index (χ0v) is 19.7. The summed E-state index contributed by atoms with van der Waals surface area (Å²) in [5.74, 6) is 1.23. The van der Waals surface area contributed by atoms with Gasteiger partial charge in [0.15, 0.2) is 0 Å². The van der Waals surface area contributed by atoms with Crippen LogP contribution in [-0.2, 0) is 6.54 Å². The van der Waals surface area contributed by atoms with Crippen molar-refractivity contribution in [2.45, 2.75) is 6.54 Å². The number of rotatable bonds is 5. The number of thiophene rings is 1. The van der Waals surface area contributed by atoms with Crippen molar-refractivity contribution in [2.24, 2.45) is 0 Å². The quantitative estimate of drug-likeness (QED) is 0.368. The molecular weight excluding hydrogens is 460 g/mol. The SMILES string of the molecule is O=C(c1cc(-c2cccnc2)nc2ccccc12)N1CCN(Cc2nc(-c3cccs3)no2)CC1. The second-order valence-corrected chi connectivity index (χ2v) is 9.32. The number of amides is 1. The summed E-state index contributed by atoms with van der Waals surface area (Å²) in [5, 5.41) is 6.95. The van der Waals surface area contributed by atoms with Crippen LogP contribution in [0.15, 0.2) is 76.9 Å². The number of carbonyl (C=O) groups excluding carboxylic acids is 1. The Morgan fingerprint density at radius 2 is 1.89 bits per heavy atom. The number of nitrogens with zero attached hydrogens (tertiary/aromatic N) is 6. The van der Waals surface area contributed by atoms with Gasteiger partial charge in [-0.1, -0.05) is 29.4 Å². The molecule has 5 aromatic rings. The molecule has 0 saturated carbocycles. The van der Waals surface area contributed by atoms with Crippen molar-refractivity contribution in [1.82, 2.24) is 29.9 Å². The zero-order chi connectivity index (χ0) is 23.6. The van der Waals surface area contributed by atoms with Crippen LogP contribution in [0.3, 0.4) is 0 Å². The predicted molar refractivity (Wildman–Crippen MR) is 134 cm³/mol. The summed E-state index contributed by atoms with van der Waals surface area (Å²) in [6.45, 7) is 3.30. The first-order chi connectivity index (χ1) is 17.2. The smallest absolute Gasteiger partial charge is 0.254 e. The minimum Gasteiger partial charge on any atom is -0.338 e. The van der Waals surface area contributed by atoms with Gasteiger partial charge in [0.1, 0.15) is 0 Å². The molecule has 6 rings (SSSR count). The fourth-order valence-electron chi connectivity index (χ4n) is 4.31. The van der Waals surface area contributed by atoms with Crippen molar-refractivity contribution in [3.8, 4) is 22.0 Å². The third kappa shape index (κ3) is 4.43. The number of fused-ring (bicyclic) bond motifs is 1. The van der Waals surface area contributed by atoms with Crippen LogP contribution in [0.4, 0.5) is 0 Å². The lowest BCUT2D eigenvalue weighted by Gasteiger charge is -2.34. The minimum atomic E-state index is 0.0196. The van der Waals surface area contributed by atoms with E-state index >= 15 is 0 Å². The second-order valence-electron chi connectivity index (χ2n) is 8.37. The predicted octanol–water partition coefficient (Wildman–Crippen LogP) is 4.37. The molecule has 0 aliphatic carbocycles. The number of hydrogen-bond donors (Lipinski definition) is 0. The topological polar surface area (TPSA) is 88.3 Å². The molecule has 0 unspecified atom stereocenters. The van der Waals surface area contributed by atoms with E-state index in [1.807, 2.05) is 64.9 Å². The van der Waals surface area contributed by atoms with Gasteiger partial charge in [0.2, 0.25) is 11.7 Å². The fraction of sp³-hybridized carbons (Fsp3) is 0.192. The monoisotopic (exact) mass is 482 g/mol. The van der Waals surface area contributed by atoms with Gasteiger partial charge in [0, 0.05) is 49.5 Å². The summed E-state index contributed by atoms with van der Waals surface area (Å²) in [5.41, 5.74) is 3.10. The number of hydrogen-bond acceptors (Lipinski definition) is 8. The van der Waals surface area contributed by atoms with E-state index in [1.54, 1.807) is 23.7 Å². The Labute approximate surface area is 205 Å². The minimum absolute atomic E-state index is 0.0196. The summed E-state index contributed by atoms with van der Waals surface area (Å²) in [6.07, 6.45) is 3.50. The van der Waals surface area contributed by atoms with Gasteiger partial charge in [-0.25, -0.2) is 4.98 Å². The van der Waals surface area contributed by atoms with Crippen molar-refractivity contribution in [2.75, 3.05) is 26.2 Å². The normalized spacial score (nSPS) is 14.5. The van der Waals surface area contributed by atoms with Gasteiger partial charge in [-0.05, 0) is 35.7 Å². The molecule has 1 amide bonds. The zero-order valence-electron chi connectivity index (χ0n) is 18.9. The highest BCUT2D eigenvalue weighted by Gasteiger charge is 2.25. The van der Waals surface area contributed by atoms with Crippen molar-refractivity contribution in [1.29, 1.82) is 0 Å². The first-order valence-corrected chi connectivity index (χ1v) is 12.3. The number of para-hydroxylation sites is 1. The summed E-state index contributed by atoms with van der Waals surface area (Å²) >= 11 is 1.59. The number of aromatic nitrogens is 4. The second kappa shape index (κ2) is 9.36. The van der Waals surface area contributed by atoms with Crippen LogP contribution < -0.4 is 0 Å². The van der Waals surface area contributed by atoms with Crippen molar-refractivity contribution in [3.05, 3.63) is 83.8 Å². The molecule has 1 aliphatic heterocycles. The number of carbonyl (C=O) groups is 1. The Kier molecular flexibility index (Phi) is 5.77. The maximum atomic E-state index is 13.6. The lowest BCUT2D eigenvalue weighted by Crippen LogP contribution is -2.48. The summed E-state index contributed by atoms with van der Waals surface area (Å²) < 4.78 is 5.45. The highest BCUT2D eigenvalue weighted by atomic mass is 32.1. The van der Waals surface area contributed by atoms with Crippen LogP contribution in [0.2, 0.25) is 0 Å². The largest absolute Gasteiger partial charge is 0.338 e. The summed E-state index contributed by atoms with van der Waals surface area (Å²) in [6, 6.07) is 17.5. The Morgan fingerprint density at radius 3 is 2.69 bits per heavy atom. The number of benzene rings is 1. The average Bonchev–Trinajstić information content (AvgIpc) is 3.61. The van der Waals surface area contributed by atoms with Crippen LogP contribution in [0, 0.1) is 0 Å². The maximum Gasteiger partial charge on any atom is 0.254 e. The summed E-state index contributed by atoms with van der Waals surface area (Å²) in [7, 11) is 0. The van der Waals surface area contributed by atoms with E-state index in [-0.39, 0.29) is 5.91 Å². The van der Waals surface area contributed by atoms with E-state index in [9.17, 15) is 4.79 Å². The molecule has 0 spiro atoms. The Bertz CT molecular complexity index is 1460. The van der Waals surface area contributed by atoms with Crippen molar-refractivity contribution in [3.63, 3.8) is 0 Å². The molecular formula is C26H22N6O2S. The summed E-state index contributed by atoms with van der Waals surface area (Å²) in [4.78, 5) is 32.3. The van der Waals surface area contributed by atoms with Crippen LogP contribution in [0.1, 0.15) is 16.2 Å². The number of pyridine rings is 2. The molecule has 0 bridgehead atoms. The molecule has 5 heterocycles. The first kappa shape index (κ1) is 21.6. The molecule has 174 valence electrons. The standard InChI is InChI=1S/C26H22N6O2S/c33-26(20-15-22(18-5-3-9-27-16-18)28-21-7-2-1-6-19(20)21)32-12-10-31(11-13-32)17-24-29-25(30-34-24)23-8-4-14-35-23/h1-9,14-16H,10-13,17H2. The molecule has 0 radical (unpaired) electrons. The molecule has 8 nitrogen and oxygen atoms in total. The molecule has 1 saturated heterocycles. The van der Waals surface area contributed by atoms with Gasteiger partial charge in [-0.15, -0.1) is 11.3 Å². The third-order valence-electron chi connectivity index (χ3n) is 6.13. The van der Waals surface area contributed by atoms with Crippen LogP contribution in [0.25, 0.3) is 32.9 Å². The highest BCUT2D eigenvalue weighted by Crippen LogP contribution is 2.26. The van der Waals surface area contributed by atoms with E-state index in [4.69, 9.17) is 9.51 Å². The van der Waals surface area contributed by atoms with Gasteiger partial charge in [-0.3, -0.25) is 14.7 Å². The molecule has 4 aromatic heterocycles. The van der Waals surface area contributed by atoms with Gasteiger partial charge in [0.25, 0.3) is 5.91 Å². The van der Waals surface area contributed by atoms with Gasteiger partial charge < -0.3 is 9.42 Å². The average molecular weight is 483 g/mol. The third-order valence-corrected chi connectivity index (χ3v) is 7.00. The van der Waals surface area contributed by atoms with E-state index in [0.717, 1.165) is 40.1 Å². The molecule has 9 heteroatoms. The van der Waals surface area contributed by atoms with Crippen LogP contribution in [0.5, 0.6) is 0 Å². The van der Waals surface area contributed by atoms with Gasteiger partial charge in [-0.2, -0.15) is 4.98 Å². The van der Waals surface area contributed by atoms with E-state index in [2.05, 4.69) is 20.0 Å². The fourth-order valence-corrected chi connectivity index (χ4v) is 4.96. The molecule has 0 N–H and O–H groups in total. The van der Waals surface area contributed by atoms with E-state index in [1.165, 1.54) is 0 Å². The lowest BCUT2D eigenvalue weighted by molar-refractivity contribution is 0.0617. The number of piperazine rings is 1. The Hall–Kier alpha value is -3.95. The molecule has 35 heavy (non-hydrogen) atoms. The van der Waals surface area contributed by atoms with E-state index in [0.29, 0.717) is 36.9 Å². The lowest BCUT2D eigenvalue weighted by atomic mass is 10.0. The maximum absolute atomic E-state index is 13.6. The van der Waals surface area contributed by atoms with Crippen LogP contribution in [-0.4, -0.2) is 62.0 Å². The molecule has 0 atom stereocenters. The Balaban J connectivity index is 1.18. The van der Waals surface area contributed by atoms with Crippen LogP contribution >= 0.6 is 11.3 Å². The first-order valence-electron chi connectivity index (χ1n) is 11.4. The van der Waals surface area contributed by atoms with Crippen molar-refractivity contribution >= 4 is 28.1 Å². The van der Waals surface area contributed by atoms with Gasteiger partial charge >= 0.3 is 0 Å². The van der Waals surface area contributed by atoms with Crippen molar-refractivity contribution < 1.29 is 9.32 Å².